The minimum atomic E-state index is -4.80. The number of nitrogens with zero attached hydrogens (tertiary/aromatic N) is 4. The van der Waals surface area contributed by atoms with Crippen LogP contribution in [0.4, 0.5) is 32.2 Å². The average molecular weight is 429 g/mol. The lowest BCUT2D eigenvalue weighted by molar-refractivity contribution is -0.359. The molecule has 1 amide bonds. The Labute approximate surface area is 157 Å². The number of hydrogen-bond donors (Lipinski definition) is 1. The lowest BCUT2D eigenvalue weighted by Gasteiger charge is -2.46. The van der Waals surface area contributed by atoms with E-state index in [-0.39, 0.29) is 22.7 Å². The van der Waals surface area contributed by atoms with E-state index in [1.807, 2.05) is 0 Å². The van der Waals surface area contributed by atoms with Crippen LogP contribution in [-0.2, 0) is 15.7 Å². The molecule has 3 heterocycles. The molecule has 1 fully saturated rings. The van der Waals surface area contributed by atoms with E-state index in [0.29, 0.717) is 11.3 Å². The number of thiazole rings is 1. The molecule has 14 heteroatoms. The summed E-state index contributed by atoms with van der Waals surface area (Å²) in [6.07, 6.45) is -9.61. The zero-order valence-corrected chi connectivity index (χ0v) is 15.1. The van der Waals surface area contributed by atoms with Gasteiger partial charge >= 0.3 is 12.5 Å². The second-order valence-electron chi connectivity index (χ2n) is 6.09. The first kappa shape index (κ1) is 20.5. The Balaban J connectivity index is 1.71. The lowest BCUT2D eigenvalue weighted by atomic mass is 10.00. The summed E-state index contributed by atoms with van der Waals surface area (Å²) in [4.78, 5) is 24.5. The van der Waals surface area contributed by atoms with Crippen LogP contribution in [-0.4, -0.2) is 56.9 Å². The molecule has 0 unspecified atom stereocenters. The molecule has 3 rings (SSSR count). The summed E-state index contributed by atoms with van der Waals surface area (Å²) in [7, 11) is 0. The summed E-state index contributed by atoms with van der Waals surface area (Å²) in [6, 6.07) is -1.76. The van der Waals surface area contributed by atoms with Crippen LogP contribution in [0.3, 0.4) is 0 Å². The predicted octanol–water partition coefficient (Wildman–Crippen LogP) is 3.04. The SMILES string of the molecule is C[C@@H](Nc1ncnc2nc(C(F)(F)F)sc12)C(=O)N1C[C@H](OC(F)(F)F)[C@@H]1C. The molecule has 0 bridgehead atoms. The topological polar surface area (TPSA) is 80.2 Å². The highest BCUT2D eigenvalue weighted by Gasteiger charge is 2.46. The molecule has 1 aliphatic heterocycles. The van der Waals surface area contributed by atoms with Crippen molar-refractivity contribution < 1.29 is 35.9 Å². The van der Waals surface area contributed by atoms with Gasteiger partial charge in [-0.1, -0.05) is 0 Å². The summed E-state index contributed by atoms with van der Waals surface area (Å²) < 4.78 is 79.2. The van der Waals surface area contributed by atoms with E-state index in [9.17, 15) is 31.1 Å². The first-order chi connectivity index (χ1) is 12.9. The van der Waals surface area contributed by atoms with Gasteiger partial charge in [-0.2, -0.15) is 13.2 Å². The molecule has 28 heavy (non-hydrogen) atoms. The third-order valence-corrected chi connectivity index (χ3v) is 5.23. The maximum atomic E-state index is 12.8. The van der Waals surface area contributed by atoms with Crippen molar-refractivity contribution in [2.75, 3.05) is 11.9 Å². The third kappa shape index (κ3) is 4.11. The molecular weight excluding hydrogens is 416 g/mol. The molecule has 0 aliphatic carbocycles. The number of carbonyl (C=O) groups is 1. The summed E-state index contributed by atoms with van der Waals surface area (Å²) >= 11 is 0.326. The van der Waals surface area contributed by atoms with Gasteiger partial charge in [0.15, 0.2) is 5.65 Å². The number of nitrogens with one attached hydrogen (secondary N) is 1. The van der Waals surface area contributed by atoms with Crippen molar-refractivity contribution in [3.05, 3.63) is 11.3 Å². The van der Waals surface area contributed by atoms with Gasteiger partial charge in [-0.25, -0.2) is 15.0 Å². The third-order valence-electron chi connectivity index (χ3n) is 4.13. The number of anilines is 1. The largest absolute Gasteiger partial charge is 0.522 e. The summed E-state index contributed by atoms with van der Waals surface area (Å²) in [6.45, 7) is 2.59. The number of carbonyl (C=O) groups excluding carboxylic acids is 1. The van der Waals surface area contributed by atoms with Gasteiger partial charge in [0, 0.05) is 6.54 Å². The number of amides is 1. The molecule has 0 spiro atoms. The van der Waals surface area contributed by atoms with E-state index in [4.69, 9.17) is 0 Å². The van der Waals surface area contributed by atoms with Crippen LogP contribution in [0, 0.1) is 0 Å². The van der Waals surface area contributed by atoms with Crippen molar-refractivity contribution in [3.8, 4) is 0 Å². The number of hydrogen-bond acceptors (Lipinski definition) is 7. The molecule has 0 aromatic carbocycles. The fourth-order valence-corrected chi connectivity index (χ4v) is 3.51. The van der Waals surface area contributed by atoms with Gasteiger partial charge in [-0.05, 0) is 13.8 Å². The van der Waals surface area contributed by atoms with E-state index in [2.05, 4.69) is 25.0 Å². The summed E-state index contributed by atoms with van der Waals surface area (Å²) in [5, 5.41) is 1.58. The minimum absolute atomic E-state index is 0.0180. The predicted molar refractivity (Wildman–Crippen MR) is 85.4 cm³/mol. The Morgan fingerprint density at radius 1 is 1.32 bits per heavy atom. The molecule has 0 saturated carbocycles. The van der Waals surface area contributed by atoms with E-state index in [1.54, 1.807) is 0 Å². The Hall–Kier alpha value is -2.22. The van der Waals surface area contributed by atoms with Crippen LogP contribution in [0.2, 0.25) is 0 Å². The van der Waals surface area contributed by atoms with Crippen LogP contribution in [0.1, 0.15) is 18.9 Å². The second-order valence-corrected chi connectivity index (χ2v) is 7.09. The normalized spacial score (nSPS) is 21.5. The average Bonchev–Trinajstić information content (AvgIpc) is 3.02. The molecule has 154 valence electrons. The fraction of sp³-hybridized carbons (Fsp3) is 0.571. The van der Waals surface area contributed by atoms with Crippen LogP contribution < -0.4 is 5.32 Å². The van der Waals surface area contributed by atoms with Crippen LogP contribution in [0.15, 0.2) is 6.33 Å². The molecule has 7 nitrogen and oxygen atoms in total. The second kappa shape index (κ2) is 6.99. The Morgan fingerprint density at radius 2 is 2.00 bits per heavy atom. The number of halogens is 6. The Morgan fingerprint density at radius 3 is 2.57 bits per heavy atom. The van der Waals surface area contributed by atoms with Gasteiger partial charge in [0.25, 0.3) is 0 Å². The zero-order chi connectivity index (χ0) is 20.9. The molecule has 1 saturated heterocycles. The van der Waals surface area contributed by atoms with Crippen molar-refractivity contribution in [2.24, 2.45) is 0 Å². The van der Waals surface area contributed by atoms with Crippen molar-refractivity contribution in [2.45, 2.75) is 44.6 Å². The minimum Gasteiger partial charge on any atom is -0.357 e. The van der Waals surface area contributed by atoms with Crippen molar-refractivity contribution in [3.63, 3.8) is 0 Å². The smallest absolute Gasteiger partial charge is 0.357 e. The summed E-state index contributed by atoms with van der Waals surface area (Å²) in [5.41, 5.74) is -0.176. The molecular formula is C14H13F6N5O2S. The maximum absolute atomic E-state index is 12.8. The van der Waals surface area contributed by atoms with E-state index < -0.39 is 41.6 Å². The number of ether oxygens (including phenoxy) is 1. The molecule has 1 N–H and O–H groups in total. The maximum Gasteiger partial charge on any atom is 0.522 e. The van der Waals surface area contributed by atoms with Crippen LogP contribution in [0.25, 0.3) is 10.3 Å². The quantitative estimate of drug-likeness (QED) is 0.753. The number of rotatable bonds is 4. The standard InChI is InChI=1S/C14H13F6N5O2S/c1-5(11(26)25-3-7(6(25)2)27-14(18,19)20)23-9-8-10(22-4-21-9)24-12(28-8)13(15,16)17/h4-7H,3H2,1-2H3,(H,21,22,23)/t5-,6+,7+/m1/s1. The van der Waals surface area contributed by atoms with Crippen molar-refractivity contribution in [1.29, 1.82) is 0 Å². The molecule has 2 aromatic rings. The van der Waals surface area contributed by atoms with Gasteiger partial charge < -0.3 is 10.2 Å². The Bertz CT molecular complexity index is 885. The molecule has 1 aliphatic rings. The monoisotopic (exact) mass is 429 g/mol. The van der Waals surface area contributed by atoms with Crippen LogP contribution >= 0.6 is 11.3 Å². The number of fused-ring (bicyclic) bond motifs is 1. The lowest BCUT2D eigenvalue weighted by Crippen LogP contribution is -2.64. The highest BCUT2D eigenvalue weighted by atomic mass is 32.1. The van der Waals surface area contributed by atoms with Gasteiger partial charge in [0.1, 0.15) is 29.0 Å². The molecule has 3 atom stereocenters. The number of likely N-dealkylation sites (tertiary alicyclic amines) is 1. The van der Waals surface area contributed by atoms with E-state index in [0.717, 1.165) is 6.33 Å². The highest BCUT2D eigenvalue weighted by molar-refractivity contribution is 7.19. The summed E-state index contributed by atoms with van der Waals surface area (Å²) in [5.74, 6) is -0.558. The fourth-order valence-electron chi connectivity index (χ4n) is 2.67. The van der Waals surface area contributed by atoms with E-state index >= 15 is 0 Å². The first-order valence-electron chi connectivity index (χ1n) is 7.87. The highest BCUT2D eigenvalue weighted by Crippen LogP contribution is 2.37. The zero-order valence-electron chi connectivity index (χ0n) is 14.3. The van der Waals surface area contributed by atoms with E-state index in [1.165, 1.54) is 18.7 Å². The van der Waals surface area contributed by atoms with Gasteiger partial charge in [-0.3, -0.25) is 9.53 Å². The molecule has 2 aromatic heterocycles. The van der Waals surface area contributed by atoms with Gasteiger partial charge in [0.05, 0.1) is 6.04 Å². The molecule has 0 radical (unpaired) electrons. The van der Waals surface area contributed by atoms with Crippen molar-refractivity contribution in [1.82, 2.24) is 19.9 Å². The number of aromatic nitrogens is 3. The Kier molecular flexibility index (Phi) is 5.12. The van der Waals surface area contributed by atoms with Gasteiger partial charge in [-0.15, -0.1) is 24.5 Å². The van der Waals surface area contributed by atoms with Crippen molar-refractivity contribution >= 4 is 33.4 Å². The number of alkyl halides is 6. The van der Waals surface area contributed by atoms with Crippen LogP contribution in [0.5, 0.6) is 0 Å². The first-order valence-corrected chi connectivity index (χ1v) is 8.69. The van der Waals surface area contributed by atoms with Gasteiger partial charge in [0.2, 0.25) is 10.9 Å².